The van der Waals surface area contributed by atoms with Crippen LogP contribution in [0.4, 0.5) is 0 Å². The van der Waals surface area contributed by atoms with Crippen LogP contribution in [0.25, 0.3) is 0 Å². The van der Waals surface area contributed by atoms with E-state index in [1.54, 1.807) is 0 Å². The van der Waals surface area contributed by atoms with Crippen molar-refractivity contribution in [3.63, 3.8) is 0 Å². The van der Waals surface area contributed by atoms with Crippen molar-refractivity contribution in [2.75, 3.05) is 53.4 Å². The number of likely N-dealkylation sites (tertiary alicyclic amines) is 1. The van der Waals surface area contributed by atoms with Crippen LogP contribution in [0, 0.1) is 0 Å². The Morgan fingerprint density at radius 2 is 1.86 bits per heavy atom. The number of likely N-dealkylation sites (N-methyl/N-ethyl adjacent to an activating group) is 1. The molecule has 1 aliphatic heterocycles. The van der Waals surface area contributed by atoms with Gasteiger partial charge in [-0.05, 0) is 46.3 Å². The Labute approximate surface area is 131 Å². The van der Waals surface area contributed by atoms with E-state index in [1.165, 1.54) is 38.8 Å². The second kappa shape index (κ2) is 10.9. The summed E-state index contributed by atoms with van der Waals surface area (Å²) in [7, 11) is 4.02. The topological polar surface area (TPSA) is 42.9 Å². The molecule has 21 heavy (non-hydrogen) atoms. The molecule has 1 saturated heterocycles. The maximum absolute atomic E-state index is 4.29. The summed E-state index contributed by atoms with van der Waals surface area (Å²) in [6, 6.07) is 0.640. The first kappa shape index (κ1) is 18.2. The van der Waals surface area contributed by atoms with Crippen LogP contribution < -0.4 is 10.6 Å². The number of nitrogens with one attached hydrogen (secondary N) is 2. The van der Waals surface area contributed by atoms with E-state index in [9.17, 15) is 0 Å². The van der Waals surface area contributed by atoms with Gasteiger partial charge in [-0.2, -0.15) is 0 Å². The minimum absolute atomic E-state index is 0.640. The molecule has 0 bridgehead atoms. The lowest BCUT2D eigenvalue weighted by molar-refractivity contribution is 0.232. The van der Waals surface area contributed by atoms with Gasteiger partial charge in [-0.15, -0.1) is 0 Å². The van der Waals surface area contributed by atoms with Gasteiger partial charge in [-0.25, -0.2) is 0 Å². The van der Waals surface area contributed by atoms with Crippen LogP contribution >= 0.6 is 0 Å². The number of guanidine groups is 1. The Kier molecular flexibility index (Phi) is 9.42. The molecular weight excluding hydrogens is 262 g/mol. The molecule has 0 radical (unpaired) electrons. The fourth-order valence-electron chi connectivity index (χ4n) is 2.62. The smallest absolute Gasteiger partial charge is 0.191 e. The van der Waals surface area contributed by atoms with Crippen LogP contribution in [0.15, 0.2) is 4.99 Å². The SMILES string of the molecule is CCC(C)N(C)CCNC(=NC)NCCN1CCCCC1. The second-order valence-electron chi connectivity index (χ2n) is 6.07. The zero-order chi connectivity index (χ0) is 15.5. The largest absolute Gasteiger partial charge is 0.355 e. The first-order valence-electron chi connectivity index (χ1n) is 8.54. The second-order valence-corrected chi connectivity index (χ2v) is 6.07. The van der Waals surface area contributed by atoms with Crippen molar-refractivity contribution in [3.8, 4) is 0 Å². The van der Waals surface area contributed by atoms with Crippen LogP contribution in [0.1, 0.15) is 39.5 Å². The van der Waals surface area contributed by atoms with E-state index in [0.29, 0.717) is 6.04 Å². The Bertz CT molecular complexity index is 276. The zero-order valence-electron chi connectivity index (χ0n) is 14.5. The normalized spacial score (nSPS) is 18.8. The summed E-state index contributed by atoms with van der Waals surface area (Å²) in [6.45, 7) is 11.1. The van der Waals surface area contributed by atoms with Crippen LogP contribution in [0.2, 0.25) is 0 Å². The number of nitrogens with zero attached hydrogens (tertiary/aromatic N) is 3. The molecule has 1 fully saturated rings. The Hall–Kier alpha value is -0.810. The number of rotatable bonds is 8. The zero-order valence-corrected chi connectivity index (χ0v) is 14.5. The van der Waals surface area contributed by atoms with Crippen molar-refractivity contribution in [2.45, 2.75) is 45.6 Å². The average Bonchev–Trinajstić information content (AvgIpc) is 2.53. The summed E-state index contributed by atoms with van der Waals surface area (Å²) < 4.78 is 0. The van der Waals surface area contributed by atoms with E-state index in [0.717, 1.165) is 32.1 Å². The minimum Gasteiger partial charge on any atom is -0.355 e. The van der Waals surface area contributed by atoms with Gasteiger partial charge in [-0.3, -0.25) is 4.99 Å². The van der Waals surface area contributed by atoms with Crippen molar-refractivity contribution in [1.29, 1.82) is 0 Å². The summed E-state index contributed by atoms with van der Waals surface area (Å²) in [4.78, 5) is 9.22. The summed E-state index contributed by atoms with van der Waals surface area (Å²) in [5.41, 5.74) is 0. The van der Waals surface area contributed by atoms with Gasteiger partial charge < -0.3 is 20.4 Å². The molecule has 1 unspecified atom stereocenters. The predicted octanol–water partition coefficient (Wildman–Crippen LogP) is 1.37. The molecule has 0 aromatic carbocycles. The van der Waals surface area contributed by atoms with Gasteiger partial charge in [0.15, 0.2) is 5.96 Å². The lowest BCUT2D eigenvalue weighted by atomic mass is 10.1. The highest BCUT2D eigenvalue weighted by molar-refractivity contribution is 5.79. The van der Waals surface area contributed by atoms with Crippen molar-refractivity contribution >= 4 is 5.96 Å². The molecule has 1 atom stereocenters. The van der Waals surface area contributed by atoms with E-state index in [1.807, 2.05) is 7.05 Å². The van der Waals surface area contributed by atoms with Gasteiger partial charge in [0, 0.05) is 39.3 Å². The quantitative estimate of drug-likeness (QED) is 0.524. The highest BCUT2D eigenvalue weighted by Gasteiger charge is 2.09. The van der Waals surface area contributed by atoms with E-state index in [4.69, 9.17) is 0 Å². The molecular formula is C16H35N5. The molecule has 2 N–H and O–H groups in total. The molecule has 1 rings (SSSR count). The summed E-state index contributed by atoms with van der Waals surface area (Å²) >= 11 is 0. The third-order valence-electron chi connectivity index (χ3n) is 4.49. The molecule has 5 heteroatoms. The maximum atomic E-state index is 4.29. The fraction of sp³-hybridized carbons (Fsp3) is 0.938. The number of piperidine rings is 1. The Morgan fingerprint density at radius 3 is 2.48 bits per heavy atom. The molecule has 0 aromatic heterocycles. The summed E-state index contributed by atoms with van der Waals surface area (Å²) in [5.74, 6) is 0.921. The minimum atomic E-state index is 0.640. The van der Waals surface area contributed by atoms with E-state index < -0.39 is 0 Å². The van der Waals surface area contributed by atoms with E-state index in [2.05, 4.69) is 46.3 Å². The molecule has 124 valence electrons. The first-order valence-corrected chi connectivity index (χ1v) is 8.54. The van der Waals surface area contributed by atoms with E-state index >= 15 is 0 Å². The molecule has 0 aliphatic carbocycles. The van der Waals surface area contributed by atoms with Crippen molar-refractivity contribution in [1.82, 2.24) is 20.4 Å². The maximum Gasteiger partial charge on any atom is 0.191 e. The molecule has 0 saturated carbocycles. The first-order chi connectivity index (χ1) is 10.2. The van der Waals surface area contributed by atoms with E-state index in [-0.39, 0.29) is 0 Å². The summed E-state index contributed by atoms with van der Waals surface area (Å²) in [5, 5.41) is 6.81. The molecule has 0 spiro atoms. The van der Waals surface area contributed by atoms with Crippen molar-refractivity contribution in [3.05, 3.63) is 0 Å². The lowest BCUT2D eigenvalue weighted by Crippen LogP contribution is -2.45. The average molecular weight is 297 g/mol. The van der Waals surface area contributed by atoms with Gasteiger partial charge >= 0.3 is 0 Å². The lowest BCUT2D eigenvalue weighted by Gasteiger charge is -2.27. The van der Waals surface area contributed by atoms with Crippen LogP contribution in [-0.4, -0.2) is 75.2 Å². The van der Waals surface area contributed by atoms with Crippen LogP contribution in [0.5, 0.6) is 0 Å². The highest BCUT2D eigenvalue weighted by Crippen LogP contribution is 2.07. The number of hydrogen-bond donors (Lipinski definition) is 2. The van der Waals surface area contributed by atoms with Crippen molar-refractivity contribution < 1.29 is 0 Å². The number of aliphatic imine (C=N–C) groups is 1. The molecule has 1 aliphatic rings. The van der Waals surface area contributed by atoms with Crippen LogP contribution in [0.3, 0.4) is 0 Å². The standard InChI is InChI=1S/C16H35N5/c1-5-15(2)20(4)13-9-18-16(17-3)19-10-14-21-11-7-6-8-12-21/h15H,5-14H2,1-4H3,(H2,17,18,19). The van der Waals surface area contributed by atoms with Crippen LogP contribution in [-0.2, 0) is 0 Å². The highest BCUT2D eigenvalue weighted by atomic mass is 15.2. The van der Waals surface area contributed by atoms with Crippen molar-refractivity contribution in [2.24, 2.45) is 4.99 Å². The van der Waals surface area contributed by atoms with Gasteiger partial charge in [0.1, 0.15) is 0 Å². The molecule has 0 amide bonds. The fourth-order valence-corrected chi connectivity index (χ4v) is 2.62. The van der Waals surface area contributed by atoms with Gasteiger partial charge in [0.25, 0.3) is 0 Å². The van der Waals surface area contributed by atoms with Gasteiger partial charge in [-0.1, -0.05) is 13.3 Å². The molecule has 5 nitrogen and oxygen atoms in total. The predicted molar refractivity (Wildman–Crippen MR) is 92.0 cm³/mol. The number of hydrogen-bond acceptors (Lipinski definition) is 3. The molecule has 0 aromatic rings. The third-order valence-corrected chi connectivity index (χ3v) is 4.49. The van der Waals surface area contributed by atoms with Gasteiger partial charge in [0.05, 0.1) is 0 Å². The monoisotopic (exact) mass is 297 g/mol. The third kappa shape index (κ3) is 7.67. The van der Waals surface area contributed by atoms with Gasteiger partial charge in [0.2, 0.25) is 0 Å². The summed E-state index contributed by atoms with van der Waals surface area (Å²) in [6.07, 6.45) is 5.31. The Morgan fingerprint density at radius 1 is 1.19 bits per heavy atom. The Balaban J connectivity index is 2.11. The molecule has 1 heterocycles.